The number of hydrogen-bond acceptors (Lipinski definition) is 4. The fraction of sp³-hybridized carbons (Fsp3) is 0.394. The molecule has 45 heavy (non-hydrogen) atoms. The largest absolute Gasteiger partial charge is 0.417 e. The molecule has 242 valence electrons. The van der Waals surface area contributed by atoms with Gasteiger partial charge in [0.25, 0.3) is 10.0 Å². The van der Waals surface area contributed by atoms with Crippen molar-refractivity contribution in [3.8, 4) is 0 Å². The summed E-state index contributed by atoms with van der Waals surface area (Å²) >= 11 is 5.84. The van der Waals surface area contributed by atoms with Crippen LogP contribution < -0.4 is 9.62 Å². The maximum atomic E-state index is 14.2. The number of rotatable bonds is 10. The summed E-state index contributed by atoms with van der Waals surface area (Å²) in [5.41, 5.74) is 0.726. The highest BCUT2D eigenvalue weighted by atomic mass is 35.5. The van der Waals surface area contributed by atoms with Gasteiger partial charge in [-0.3, -0.25) is 13.9 Å². The lowest BCUT2D eigenvalue weighted by Gasteiger charge is -2.33. The molecule has 0 saturated heterocycles. The number of nitrogens with one attached hydrogen (secondary N) is 1. The van der Waals surface area contributed by atoms with E-state index < -0.39 is 51.0 Å². The number of carbonyl (C=O) groups is 2. The van der Waals surface area contributed by atoms with Crippen LogP contribution in [-0.4, -0.2) is 43.8 Å². The maximum absolute atomic E-state index is 14.2. The molecule has 1 fully saturated rings. The van der Waals surface area contributed by atoms with E-state index >= 15 is 0 Å². The molecule has 0 spiro atoms. The van der Waals surface area contributed by atoms with Crippen molar-refractivity contribution < 1.29 is 31.2 Å². The number of carbonyl (C=O) groups excluding carboxylic acids is 2. The first-order chi connectivity index (χ1) is 21.2. The molecule has 3 aromatic rings. The molecular weight excluding hydrogens is 627 g/mol. The first-order valence-corrected chi connectivity index (χ1v) is 16.6. The number of alkyl halides is 3. The van der Waals surface area contributed by atoms with E-state index in [-0.39, 0.29) is 23.4 Å². The Kier molecular flexibility index (Phi) is 10.9. The molecule has 1 aliphatic rings. The van der Waals surface area contributed by atoms with Gasteiger partial charge in [0.15, 0.2) is 0 Å². The standard InChI is InChI=1S/C33H37ClF3N3O4S/c1-22-13-16-28(17-14-22)45(43,44)40(27-15-18-30(34)29(19-27)33(35,36)37)21-31(41)39(20-25-10-8-7-9-23(25)2)24(3)32(42)38-26-11-5-4-6-12-26/h7-10,13-19,24,26H,4-6,11-12,20-21H2,1-3H3,(H,38,42). The molecule has 1 saturated carbocycles. The zero-order valence-corrected chi connectivity index (χ0v) is 27.0. The Labute approximate surface area is 267 Å². The number of amides is 2. The summed E-state index contributed by atoms with van der Waals surface area (Å²) in [6.45, 7) is 4.30. The maximum Gasteiger partial charge on any atom is 0.417 e. The van der Waals surface area contributed by atoms with Crippen LogP contribution in [0.15, 0.2) is 71.6 Å². The van der Waals surface area contributed by atoms with E-state index in [1.54, 1.807) is 38.1 Å². The minimum absolute atomic E-state index is 0.0163. The van der Waals surface area contributed by atoms with E-state index in [0.717, 1.165) is 60.9 Å². The normalized spacial score (nSPS) is 14.9. The van der Waals surface area contributed by atoms with Crippen LogP contribution in [0.1, 0.15) is 61.3 Å². The second-order valence-corrected chi connectivity index (χ2v) is 13.7. The zero-order chi connectivity index (χ0) is 32.9. The molecule has 1 aliphatic carbocycles. The third-order valence-corrected chi connectivity index (χ3v) is 10.3. The smallest absolute Gasteiger partial charge is 0.352 e. The molecule has 7 nitrogen and oxygen atoms in total. The molecule has 0 heterocycles. The molecule has 1 N–H and O–H groups in total. The third-order valence-electron chi connectivity index (χ3n) is 8.15. The predicted molar refractivity (Wildman–Crippen MR) is 168 cm³/mol. The monoisotopic (exact) mass is 663 g/mol. The van der Waals surface area contributed by atoms with E-state index in [0.29, 0.717) is 10.4 Å². The number of sulfonamides is 1. The number of aryl methyl sites for hydroxylation is 2. The van der Waals surface area contributed by atoms with Crippen molar-refractivity contribution in [2.45, 2.75) is 82.6 Å². The van der Waals surface area contributed by atoms with Crippen molar-refractivity contribution in [1.29, 1.82) is 0 Å². The average molecular weight is 664 g/mol. The number of anilines is 1. The van der Waals surface area contributed by atoms with Gasteiger partial charge in [-0.05, 0) is 75.1 Å². The van der Waals surface area contributed by atoms with Crippen LogP contribution in [0.3, 0.4) is 0 Å². The minimum Gasteiger partial charge on any atom is -0.352 e. The van der Waals surface area contributed by atoms with E-state index in [1.807, 2.05) is 19.1 Å². The first kappa shape index (κ1) is 34.3. The number of hydrogen-bond donors (Lipinski definition) is 1. The number of halogens is 4. The quantitative estimate of drug-likeness (QED) is 0.252. The van der Waals surface area contributed by atoms with Gasteiger partial charge in [-0.25, -0.2) is 8.42 Å². The topological polar surface area (TPSA) is 86.8 Å². The molecule has 12 heteroatoms. The van der Waals surface area contributed by atoms with Crippen molar-refractivity contribution in [3.63, 3.8) is 0 Å². The molecular formula is C33H37ClF3N3O4S. The van der Waals surface area contributed by atoms with Crippen LogP contribution >= 0.6 is 11.6 Å². The SMILES string of the molecule is Cc1ccc(S(=O)(=O)N(CC(=O)N(Cc2ccccc2C)C(C)C(=O)NC2CCCCC2)c2ccc(Cl)c(C(F)(F)F)c2)cc1. The molecule has 3 aromatic carbocycles. The Morgan fingerprint density at radius 1 is 0.978 bits per heavy atom. The van der Waals surface area contributed by atoms with E-state index in [1.165, 1.54) is 17.0 Å². The summed E-state index contributed by atoms with van der Waals surface area (Å²) in [7, 11) is -4.55. The first-order valence-electron chi connectivity index (χ1n) is 14.8. The fourth-order valence-electron chi connectivity index (χ4n) is 5.37. The highest BCUT2D eigenvalue weighted by Gasteiger charge is 2.37. The Morgan fingerprint density at radius 2 is 1.62 bits per heavy atom. The van der Waals surface area contributed by atoms with Crippen LogP contribution in [0, 0.1) is 13.8 Å². The fourth-order valence-corrected chi connectivity index (χ4v) is 7.00. The highest BCUT2D eigenvalue weighted by molar-refractivity contribution is 7.92. The Bertz CT molecular complexity index is 1620. The second kappa shape index (κ2) is 14.2. The van der Waals surface area contributed by atoms with Gasteiger partial charge in [0.1, 0.15) is 12.6 Å². The van der Waals surface area contributed by atoms with Crippen molar-refractivity contribution in [2.75, 3.05) is 10.8 Å². The number of nitrogens with zero attached hydrogens (tertiary/aromatic N) is 2. The van der Waals surface area contributed by atoms with Gasteiger partial charge in [-0.1, -0.05) is 72.8 Å². The lowest BCUT2D eigenvalue weighted by atomic mass is 9.95. The Hall–Kier alpha value is -3.57. The number of benzene rings is 3. The van der Waals surface area contributed by atoms with Crippen LogP contribution in [0.25, 0.3) is 0 Å². The average Bonchev–Trinajstić information content (AvgIpc) is 2.99. The summed E-state index contributed by atoms with van der Waals surface area (Å²) in [6.07, 6.45) is -0.170. The van der Waals surface area contributed by atoms with Gasteiger partial charge in [0.05, 0.1) is 21.2 Å². The second-order valence-electron chi connectivity index (χ2n) is 11.5. The van der Waals surface area contributed by atoms with Gasteiger partial charge in [0, 0.05) is 12.6 Å². The summed E-state index contributed by atoms with van der Waals surface area (Å²) in [4.78, 5) is 28.7. The summed E-state index contributed by atoms with van der Waals surface area (Å²) in [5, 5.41) is 2.42. The summed E-state index contributed by atoms with van der Waals surface area (Å²) < 4.78 is 70.1. The van der Waals surface area contributed by atoms with Gasteiger partial charge in [0.2, 0.25) is 11.8 Å². The Morgan fingerprint density at radius 3 is 2.24 bits per heavy atom. The highest BCUT2D eigenvalue weighted by Crippen LogP contribution is 2.38. The van der Waals surface area contributed by atoms with Gasteiger partial charge in [-0.2, -0.15) is 13.2 Å². The van der Waals surface area contributed by atoms with Gasteiger partial charge >= 0.3 is 6.18 Å². The molecule has 4 rings (SSSR count). The van der Waals surface area contributed by atoms with E-state index in [4.69, 9.17) is 11.6 Å². The van der Waals surface area contributed by atoms with Crippen LogP contribution in [0.5, 0.6) is 0 Å². The molecule has 0 aromatic heterocycles. The van der Waals surface area contributed by atoms with Gasteiger partial charge < -0.3 is 10.2 Å². The van der Waals surface area contributed by atoms with Crippen LogP contribution in [-0.2, 0) is 32.3 Å². The van der Waals surface area contributed by atoms with Crippen molar-refractivity contribution >= 4 is 39.1 Å². The zero-order valence-electron chi connectivity index (χ0n) is 25.4. The summed E-state index contributed by atoms with van der Waals surface area (Å²) in [6, 6.07) is 14.7. The summed E-state index contributed by atoms with van der Waals surface area (Å²) in [5.74, 6) is -1.15. The third kappa shape index (κ3) is 8.38. The predicted octanol–water partition coefficient (Wildman–Crippen LogP) is 7.04. The van der Waals surface area contributed by atoms with Crippen molar-refractivity contribution in [1.82, 2.24) is 10.2 Å². The lowest BCUT2D eigenvalue weighted by molar-refractivity contribution is -0.139. The van der Waals surface area contributed by atoms with Gasteiger partial charge in [-0.15, -0.1) is 0 Å². The molecule has 1 atom stereocenters. The van der Waals surface area contributed by atoms with Crippen LogP contribution in [0.2, 0.25) is 5.02 Å². The van der Waals surface area contributed by atoms with Crippen LogP contribution in [0.4, 0.5) is 18.9 Å². The van der Waals surface area contributed by atoms with E-state index in [9.17, 15) is 31.2 Å². The molecule has 0 aliphatic heterocycles. The van der Waals surface area contributed by atoms with Crippen molar-refractivity contribution in [2.24, 2.45) is 0 Å². The Balaban J connectivity index is 1.75. The molecule has 2 amide bonds. The molecule has 0 radical (unpaired) electrons. The molecule has 0 bridgehead atoms. The lowest BCUT2D eigenvalue weighted by Crippen LogP contribution is -2.53. The van der Waals surface area contributed by atoms with E-state index in [2.05, 4.69) is 5.32 Å². The molecule has 1 unspecified atom stereocenters. The minimum atomic E-state index is -4.88. The van der Waals surface area contributed by atoms with Crippen molar-refractivity contribution in [3.05, 3.63) is 94.0 Å².